The van der Waals surface area contributed by atoms with E-state index in [1.54, 1.807) is 12.3 Å². The molecule has 3 rings (SSSR count). The molecule has 2 aromatic heterocycles. The van der Waals surface area contributed by atoms with Crippen LogP contribution in [-0.4, -0.2) is 14.5 Å². The lowest BCUT2D eigenvalue weighted by Gasteiger charge is -2.13. The van der Waals surface area contributed by atoms with Crippen LogP contribution in [0.1, 0.15) is 25.6 Å². The number of halogens is 1. The van der Waals surface area contributed by atoms with Crippen LogP contribution >= 0.6 is 0 Å². The zero-order chi connectivity index (χ0) is 15.0. The Kier molecular flexibility index (Phi) is 3.43. The third kappa shape index (κ3) is 2.40. The Bertz CT molecular complexity index is 792. The SMILES string of the molecule is CC(C)n1c(-c2ccnc(CN)c2)nc2ccc(F)cc21. The third-order valence-electron chi connectivity index (χ3n) is 3.45. The van der Waals surface area contributed by atoms with Gasteiger partial charge in [-0.3, -0.25) is 4.98 Å². The molecule has 0 aliphatic rings. The minimum Gasteiger partial charge on any atom is -0.325 e. The van der Waals surface area contributed by atoms with E-state index in [2.05, 4.69) is 23.8 Å². The van der Waals surface area contributed by atoms with Gasteiger partial charge >= 0.3 is 0 Å². The summed E-state index contributed by atoms with van der Waals surface area (Å²) in [6.45, 7) is 4.49. The molecule has 3 aromatic rings. The number of pyridine rings is 1. The first-order valence-electron chi connectivity index (χ1n) is 6.93. The minimum absolute atomic E-state index is 0.168. The third-order valence-corrected chi connectivity index (χ3v) is 3.45. The Labute approximate surface area is 122 Å². The van der Waals surface area contributed by atoms with E-state index in [-0.39, 0.29) is 11.9 Å². The van der Waals surface area contributed by atoms with Crippen LogP contribution in [0.2, 0.25) is 0 Å². The summed E-state index contributed by atoms with van der Waals surface area (Å²) in [4.78, 5) is 8.85. The standard InChI is InChI=1S/C16H17FN4/c1-10(2)21-15-8-12(17)3-4-14(15)20-16(21)11-5-6-19-13(7-11)9-18/h3-8,10H,9,18H2,1-2H3. The Morgan fingerprint density at radius 1 is 1.24 bits per heavy atom. The first kappa shape index (κ1) is 13.7. The maximum absolute atomic E-state index is 13.5. The number of rotatable bonds is 3. The van der Waals surface area contributed by atoms with Gasteiger partial charge in [-0.05, 0) is 44.2 Å². The smallest absolute Gasteiger partial charge is 0.141 e. The van der Waals surface area contributed by atoms with Gasteiger partial charge in [0, 0.05) is 24.3 Å². The maximum Gasteiger partial charge on any atom is 0.141 e. The highest BCUT2D eigenvalue weighted by atomic mass is 19.1. The minimum atomic E-state index is -0.256. The van der Waals surface area contributed by atoms with Gasteiger partial charge in [0.2, 0.25) is 0 Å². The molecule has 2 heterocycles. The van der Waals surface area contributed by atoms with Crippen molar-refractivity contribution < 1.29 is 4.39 Å². The van der Waals surface area contributed by atoms with Crippen molar-refractivity contribution >= 4 is 11.0 Å². The van der Waals surface area contributed by atoms with Crippen molar-refractivity contribution in [2.45, 2.75) is 26.4 Å². The molecule has 0 radical (unpaired) electrons. The summed E-state index contributed by atoms with van der Waals surface area (Å²) in [5.41, 5.74) is 8.98. The van der Waals surface area contributed by atoms with E-state index in [9.17, 15) is 4.39 Å². The van der Waals surface area contributed by atoms with Crippen LogP contribution in [0.5, 0.6) is 0 Å². The molecule has 0 atom stereocenters. The number of aromatic nitrogens is 3. The molecular weight excluding hydrogens is 267 g/mol. The second-order valence-corrected chi connectivity index (χ2v) is 5.27. The number of benzene rings is 1. The van der Waals surface area contributed by atoms with Gasteiger partial charge < -0.3 is 10.3 Å². The zero-order valence-corrected chi connectivity index (χ0v) is 12.0. The van der Waals surface area contributed by atoms with E-state index in [0.29, 0.717) is 6.54 Å². The zero-order valence-electron chi connectivity index (χ0n) is 12.0. The van der Waals surface area contributed by atoms with Gasteiger partial charge in [0.1, 0.15) is 11.6 Å². The van der Waals surface area contributed by atoms with Gasteiger partial charge in [0.05, 0.1) is 16.7 Å². The highest BCUT2D eigenvalue weighted by Gasteiger charge is 2.15. The van der Waals surface area contributed by atoms with Gasteiger partial charge in [-0.25, -0.2) is 9.37 Å². The lowest BCUT2D eigenvalue weighted by Crippen LogP contribution is -2.04. The van der Waals surface area contributed by atoms with Crippen molar-refractivity contribution in [3.05, 3.63) is 48.0 Å². The Hall–Kier alpha value is -2.27. The Balaban J connectivity index is 2.28. The van der Waals surface area contributed by atoms with Gasteiger partial charge in [0.15, 0.2) is 0 Å². The van der Waals surface area contributed by atoms with Crippen LogP contribution in [0.25, 0.3) is 22.4 Å². The molecule has 0 fully saturated rings. The molecule has 0 saturated heterocycles. The lowest BCUT2D eigenvalue weighted by atomic mass is 10.2. The van der Waals surface area contributed by atoms with Gasteiger partial charge in [-0.15, -0.1) is 0 Å². The summed E-state index contributed by atoms with van der Waals surface area (Å²) in [5, 5.41) is 0. The summed E-state index contributed by atoms with van der Waals surface area (Å²) in [5.74, 6) is 0.552. The number of nitrogens with two attached hydrogens (primary N) is 1. The quantitative estimate of drug-likeness (QED) is 0.803. The summed E-state index contributed by atoms with van der Waals surface area (Å²) >= 11 is 0. The average molecular weight is 284 g/mol. The second kappa shape index (κ2) is 5.26. The van der Waals surface area contributed by atoms with Crippen molar-refractivity contribution in [1.29, 1.82) is 0 Å². The van der Waals surface area contributed by atoms with Crippen LogP contribution in [-0.2, 0) is 6.54 Å². The highest BCUT2D eigenvalue weighted by molar-refractivity contribution is 5.81. The molecular formula is C16H17FN4. The largest absolute Gasteiger partial charge is 0.325 e. The molecule has 0 saturated carbocycles. The maximum atomic E-state index is 13.5. The fourth-order valence-corrected chi connectivity index (χ4v) is 2.52. The fraction of sp³-hybridized carbons (Fsp3) is 0.250. The molecule has 108 valence electrons. The molecule has 21 heavy (non-hydrogen) atoms. The fourth-order valence-electron chi connectivity index (χ4n) is 2.52. The van der Waals surface area contributed by atoms with Crippen LogP contribution in [0.4, 0.5) is 4.39 Å². The van der Waals surface area contributed by atoms with Crippen molar-refractivity contribution in [1.82, 2.24) is 14.5 Å². The average Bonchev–Trinajstić information content (AvgIpc) is 2.86. The molecule has 4 nitrogen and oxygen atoms in total. The predicted octanol–water partition coefficient (Wildman–Crippen LogP) is 3.28. The Morgan fingerprint density at radius 3 is 2.76 bits per heavy atom. The normalized spacial score (nSPS) is 11.5. The van der Waals surface area contributed by atoms with Crippen LogP contribution in [0.15, 0.2) is 36.5 Å². The van der Waals surface area contributed by atoms with E-state index in [1.165, 1.54) is 12.1 Å². The van der Waals surface area contributed by atoms with E-state index >= 15 is 0 Å². The number of nitrogens with zero attached hydrogens (tertiary/aromatic N) is 3. The highest BCUT2D eigenvalue weighted by Crippen LogP contribution is 2.28. The van der Waals surface area contributed by atoms with Gasteiger partial charge in [-0.1, -0.05) is 0 Å². The number of fused-ring (bicyclic) bond motifs is 1. The molecule has 0 unspecified atom stereocenters. The van der Waals surface area contributed by atoms with Crippen molar-refractivity contribution in [2.75, 3.05) is 0 Å². The van der Waals surface area contributed by atoms with Crippen molar-refractivity contribution in [3.8, 4) is 11.4 Å². The summed E-state index contributed by atoms with van der Waals surface area (Å²) in [7, 11) is 0. The summed E-state index contributed by atoms with van der Waals surface area (Å²) < 4.78 is 15.6. The summed E-state index contributed by atoms with van der Waals surface area (Å²) in [6, 6.07) is 8.66. The van der Waals surface area contributed by atoms with Crippen LogP contribution < -0.4 is 5.73 Å². The number of hydrogen-bond donors (Lipinski definition) is 1. The van der Waals surface area contributed by atoms with E-state index in [1.807, 2.05) is 16.7 Å². The van der Waals surface area contributed by atoms with Crippen LogP contribution in [0.3, 0.4) is 0 Å². The second-order valence-electron chi connectivity index (χ2n) is 5.27. The van der Waals surface area contributed by atoms with E-state index < -0.39 is 0 Å². The molecule has 1 aromatic carbocycles. The van der Waals surface area contributed by atoms with Gasteiger partial charge in [-0.2, -0.15) is 0 Å². The lowest BCUT2D eigenvalue weighted by molar-refractivity contribution is 0.613. The molecule has 2 N–H and O–H groups in total. The monoisotopic (exact) mass is 284 g/mol. The van der Waals surface area contributed by atoms with Gasteiger partial charge in [0.25, 0.3) is 0 Å². The first-order valence-corrected chi connectivity index (χ1v) is 6.93. The molecule has 0 spiro atoms. The van der Waals surface area contributed by atoms with E-state index in [0.717, 1.165) is 28.1 Å². The van der Waals surface area contributed by atoms with Crippen molar-refractivity contribution in [2.24, 2.45) is 5.73 Å². The van der Waals surface area contributed by atoms with E-state index in [4.69, 9.17) is 5.73 Å². The molecule has 5 heteroatoms. The molecule has 0 aliphatic heterocycles. The number of hydrogen-bond acceptors (Lipinski definition) is 3. The number of imidazole rings is 1. The summed E-state index contributed by atoms with van der Waals surface area (Å²) in [6.07, 6.45) is 1.72. The van der Waals surface area contributed by atoms with Crippen molar-refractivity contribution in [3.63, 3.8) is 0 Å². The molecule has 0 amide bonds. The molecule has 0 aliphatic carbocycles. The molecule has 0 bridgehead atoms. The Morgan fingerprint density at radius 2 is 2.05 bits per heavy atom. The topological polar surface area (TPSA) is 56.7 Å². The first-order chi connectivity index (χ1) is 10.1. The van der Waals surface area contributed by atoms with Crippen LogP contribution in [0, 0.1) is 5.82 Å². The predicted molar refractivity (Wildman–Crippen MR) is 81.2 cm³/mol.